The third-order valence-electron chi connectivity index (χ3n) is 6.01. The van der Waals surface area contributed by atoms with Gasteiger partial charge in [-0.15, -0.1) is 10.2 Å². The van der Waals surface area contributed by atoms with Crippen LogP contribution in [0.2, 0.25) is 0 Å². The smallest absolute Gasteiger partial charge is 0.248 e. The van der Waals surface area contributed by atoms with E-state index in [4.69, 9.17) is 14.2 Å². The summed E-state index contributed by atoms with van der Waals surface area (Å²) in [6, 6.07) is 5.56. The standard InChI is InChI=1S/C21H28N4O4/c1-21(20(26)22-11-15-8-9-16(27-2)10-17(15)28-3)13-29-12-18-23-24-19(25(18)21)14-6-4-5-7-14/h8-10,14H,4-7,11-13H2,1-3H3,(H,22,26). The van der Waals surface area contributed by atoms with Crippen LogP contribution in [0.4, 0.5) is 0 Å². The van der Waals surface area contributed by atoms with E-state index in [-0.39, 0.29) is 5.91 Å². The lowest BCUT2D eigenvalue weighted by molar-refractivity contribution is -0.135. The minimum absolute atomic E-state index is 0.115. The van der Waals surface area contributed by atoms with E-state index in [0.29, 0.717) is 37.2 Å². The van der Waals surface area contributed by atoms with Gasteiger partial charge in [-0.25, -0.2) is 0 Å². The van der Waals surface area contributed by atoms with Crippen molar-refractivity contribution >= 4 is 5.91 Å². The molecule has 1 aromatic heterocycles. The zero-order valence-corrected chi connectivity index (χ0v) is 17.2. The van der Waals surface area contributed by atoms with E-state index in [0.717, 1.165) is 30.1 Å². The molecule has 8 nitrogen and oxygen atoms in total. The molecule has 4 rings (SSSR count). The number of carbonyl (C=O) groups excluding carboxylic acids is 1. The topological polar surface area (TPSA) is 87.5 Å². The Morgan fingerprint density at radius 3 is 2.79 bits per heavy atom. The number of carbonyl (C=O) groups is 1. The number of amides is 1. The number of hydrogen-bond acceptors (Lipinski definition) is 6. The van der Waals surface area contributed by atoms with Gasteiger partial charge in [0.2, 0.25) is 5.91 Å². The summed E-state index contributed by atoms with van der Waals surface area (Å²) in [6.45, 7) is 2.92. The van der Waals surface area contributed by atoms with Crippen molar-refractivity contribution in [3.05, 3.63) is 35.4 Å². The van der Waals surface area contributed by atoms with Gasteiger partial charge in [0.15, 0.2) is 5.82 Å². The van der Waals surface area contributed by atoms with E-state index in [1.54, 1.807) is 14.2 Å². The van der Waals surface area contributed by atoms with Crippen LogP contribution in [0.25, 0.3) is 0 Å². The second-order valence-electron chi connectivity index (χ2n) is 7.92. The van der Waals surface area contributed by atoms with Crippen LogP contribution in [0.15, 0.2) is 18.2 Å². The van der Waals surface area contributed by atoms with Gasteiger partial charge in [0.05, 0.1) is 20.8 Å². The molecule has 156 valence electrons. The molecule has 1 fully saturated rings. The Morgan fingerprint density at radius 1 is 1.28 bits per heavy atom. The van der Waals surface area contributed by atoms with E-state index in [1.807, 2.05) is 29.7 Å². The molecule has 0 radical (unpaired) electrons. The van der Waals surface area contributed by atoms with Crippen LogP contribution < -0.4 is 14.8 Å². The first kappa shape index (κ1) is 19.7. The van der Waals surface area contributed by atoms with E-state index in [2.05, 4.69) is 15.5 Å². The number of hydrogen-bond donors (Lipinski definition) is 1. The minimum Gasteiger partial charge on any atom is -0.497 e. The van der Waals surface area contributed by atoms with Gasteiger partial charge in [-0.05, 0) is 31.9 Å². The molecule has 1 atom stereocenters. The van der Waals surface area contributed by atoms with Gasteiger partial charge in [-0.2, -0.15) is 0 Å². The monoisotopic (exact) mass is 400 g/mol. The first-order valence-corrected chi connectivity index (χ1v) is 10.1. The summed E-state index contributed by atoms with van der Waals surface area (Å²) >= 11 is 0. The van der Waals surface area contributed by atoms with Crippen LogP contribution in [-0.4, -0.2) is 41.5 Å². The lowest BCUT2D eigenvalue weighted by Gasteiger charge is -2.36. The summed E-state index contributed by atoms with van der Waals surface area (Å²) in [5.41, 5.74) is -0.00342. The van der Waals surface area contributed by atoms with E-state index < -0.39 is 5.54 Å². The Balaban J connectivity index is 1.56. The SMILES string of the molecule is COc1ccc(CNC(=O)C2(C)COCc3nnc(C4CCCC4)n32)c(OC)c1. The number of nitrogens with one attached hydrogen (secondary N) is 1. The van der Waals surface area contributed by atoms with Crippen molar-refractivity contribution in [1.82, 2.24) is 20.1 Å². The molecule has 1 unspecified atom stereocenters. The molecule has 0 saturated heterocycles. The highest BCUT2D eigenvalue weighted by atomic mass is 16.5. The number of ether oxygens (including phenoxy) is 3. The molecule has 8 heteroatoms. The number of benzene rings is 1. The van der Waals surface area contributed by atoms with Crippen LogP contribution in [0.1, 0.15) is 55.7 Å². The quantitative estimate of drug-likeness (QED) is 0.802. The van der Waals surface area contributed by atoms with Gasteiger partial charge in [-0.1, -0.05) is 12.8 Å². The molecular weight excluding hydrogens is 372 g/mol. The number of methoxy groups -OCH3 is 2. The molecule has 2 aliphatic rings. The highest BCUT2D eigenvalue weighted by Gasteiger charge is 2.43. The molecule has 1 aliphatic carbocycles. The Bertz CT molecular complexity index is 891. The van der Waals surface area contributed by atoms with Crippen molar-refractivity contribution in [3.8, 4) is 11.5 Å². The van der Waals surface area contributed by atoms with Crippen LogP contribution in [0, 0.1) is 0 Å². The maximum Gasteiger partial charge on any atom is 0.248 e. The highest BCUT2D eigenvalue weighted by molar-refractivity contribution is 5.84. The number of nitrogens with zero attached hydrogens (tertiary/aromatic N) is 3. The fourth-order valence-electron chi connectivity index (χ4n) is 4.35. The van der Waals surface area contributed by atoms with Crippen LogP contribution in [0.5, 0.6) is 11.5 Å². The first-order chi connectivity index (χ1) is 14.1. The van der Waals surface area contributed by atoms with Crippen molar-refractivity contribution in [2.24, 2.45) is 0 Å². The van der Waals surface area contributed by atoms with E-state index >= 15 is 0 Å². The number of rotatable bonds is 6. The second-order valence-corrected chi connectivity index (χ2v) is 7.92. The third kappa shape index (κ3) is 3.57. The third-order valence-corrected chi connectivity index (χ3v) is 6.01. The highest BCUT2D eigenvalue weighted by Crippen LogP contribution is 2.37. The summed E-state index contributed by atoms with van der Waals surface area (Å²) < 4.78 is 18.4. The molecule has 1 aliphatic heterocycles. The van der Waals surface area contributed by atoms with Crippen LogP contribution in [-0.2, 0) is 28.2 Å². The largest absolute Gasteiger partial charge is 0.497 e. The molecule has 0 bridgehead atoms. The van der Waals surface area contributed by atoms with Gasteiger partial charge in [0.1, 0.15) is 29.5 Å². The maximum atomic E-state index is 13.3. The van der Waals surface area contributed by atoms with Gasteiger partial charge < -0.3 is 19.5 Å². The molecule has 1 N–H and O–H groups in total. The van der Waals surface area contributed by atoms with Crippen LogP contribution in [0.3, 0.4) is 0 Å². The van der Waals surface area contributed by atoms with Crippen molar-refractivity contribution in [2.45, 2.75) is 57.2 Å². The van der Waals surface area contributed by atoms with Crippen molar-refractivity contribution in [3.63, 3.8) is 0 Å². The molecule has 2 heterocycles. The van der Waals surface area contributed by atoms with Crippen molar-refractivity contribution < 1.29 is 19.0 Å². The zero-order chi connectivity index (χ0) is 20.4. The van der Waals surface area contributed by atoms with E-state index in [1.165, 1.54) is 12.8 Å². The fourth-order valence-corrected chi connectivity index (χ4v) is 4.35. The van der Waals surface area contributed by atoms with Crippen LogP contribution >= 0.6 is 0 Å². The molecule has 2 aromatic rings. The summed E-state index contributed by atoms with van der Waals surface area (Å²) in [6.07, 6.45) is 4.59. The lowest BCUT2D eigenvalue weighted by Crippen LogP contribution is -2.53. The van der Waals surface area contributed by atoms with Gasteiger partial charge in [-0.3, -0.25) is 9.36 Å². The molecular formula is C21H28N4O4. The van der Waals surface area contributed by atoms with Crippen molar-refractivity contribution in [2.75, 3.05) is 20.8 Å². The summed E-state index contributed by atoms with van der Waals surface area (Å²) in [5.74, 6) is 3.27. The van der Waals surface area contributed by atoms with Gasteiger partial charge in [0.25, 0.3) is 0 Å². The fraction of sp³-hybridized carbons (Fsp3) is 0.571. The predicted octanol–water partition coefficient (Wildman–Crippen LogP) is 2.51. The Morgan fingerprint density at radius 2 is 2.07 bits per heavy atom. The Kier molecular flexibility index (Phi) is 5.45. The second kappa shape index (κ2) is 8.02. The van der Waals surface area contributed by atoms with Crippen molar-refractivity contribution in [1.29, 1.82) is 0 Å². The summed E-state index contributed by atoms with van der Waals surface area (Å²) in [7, 11) is 3.21. The molecule has 0 spiro atoms. The molecule has 1 saturated carbocycles. The zero-order valence-electron chi connectivity index (χ0n) is 17.2. The Labute approximate surface area is 170 Å². The van der Waals surface area contributed by atoms with Gasteiger partial charge in [0, 0.05) is 24.1 Å². The summed E-state index contributed by atoms with van der Waals surface area (Å²) in [4.78, 5) is 13.3. The number of aromatic nitrogens is 3. The molecule has 1 amide bonds. The normalized spacial score (nSPS) is 21.6. The Hall–Kier alpha value is -2.61. The maximum absolute atomic E-state index is 13.3. The first-order valence-electron chi connectivity index (χ1n) is 10.1. The van der Waals surface area contributed by atoms with Gasteiger partial charge >= 0.3 is 0 Å². The average Bonchev–Trinajstić information content (AvgIpc) is 3.42. The minimum atomic E-state index is -0.880. The lowest BCUT2D eigenvalue weighted by atomic mass is 9.97. The number of fused-ring (bicyclic) bond motifs is 1. The molecule has 1 aromatic carbocycles. The average molecular weight is 400 g/mol. The van der Waals surface area contributed by atoms with E-state index in [9.17, 15) is 4.79 Å². The summed E-state index contributed by atoms with van der Waals surface area (Å²) in [5, 5.41) is 11.8. The molecule has 29 heavy (non-hydrogen) atoms. The predicted molar refractivity (Wildman–Crippen MR) is 106 cm³/mol.